The van der Waals surface area contributed by atoms with E-state index in [-0.39, 0.29) is 5.84 Å². The summed E-state index contributed by atoms with van der Waals surface area (Å²) in [4.78, 5) is 2.29. The van der Waals surface area contributed by atoms with E-state index in [0.717, 1.165) is 23.4 Å². The summed E-state index contributed by atoms with van der Waals surface area (Å²) < 4.78 is 0. The van der Waals surface area contributed by atoms with Gasteiger partial charge in [-0.2, -0.15) is 0 Å². The van der Waals surface area contributed by atoms with Crippen molar-refractivity contribution < 1.29 is 5.21 Å². The van der Waals surface area contributed by atoms with Crippen molar-refractivity contribution in [2.45, 2.75) is 33.7 Å². The molecule has 0 radical (unpaired) electrons. The minimum absolute atomic E-state index is 0.154. The first-order valence-electron chi connectivity index (χ1n) is 5.86. The number of nitrogens with two attached hydrogens (primary N) is 1. The standard InChI is InChI=1S/C13H21N3O/c1-5-16(9(2)3)11-6-7-12(10(4)8-11)13(14)15-17/h6-9,17H,5H2,1-4H3,(H2,14,15). The fraction of sp³-hybridized carbons (Fsp3) is 0.462. The number of nitrogens with zero attached hydrogens (tertiary/aromatic N) is 2. The molecule has 0 saturated heterocycles. The molecule has 0 aliphatic rings. The predicted octanol–water partition coefficient (Wildman–Crippen LogP) is 2.32. The summed E-state index contributed by atoms with van der Waals surface area (Å²) in [7, 11) is 0. The molecule has 3 N–H and O–H groups in total. The molecular weight excluding hydrogens is 214 g/mol. The highest BCUT2D eigenvalue weighted by Crippen LogP contribution is 2.20. The molecule has 0 unspecified atom stereocenters. The van der Waals surface area contributed by atoms with Crippen LogP contribution in [-0.2, 0) is 0 Å². The number of rotatable bonds is 4. The van der Waals surface area contributed by atoms with Crippen molar-refractivity contribution >= 4 is 11.5 Å². The van der Waals surface area contributed by atoms with E-state index >= 15 is 0 Å². The Morgan fingerprint density at radius 2 is 2.12 bits per heavy atom. The highest BCUT2D eigenvalue weighted by atomic mass is 16.4. The van der Waals surface area contributed by atoms with Gasteiger partial charge in [-0.1, -0.05) is 5.16 Å². The van der Waals surface area contributed by atoms with Crippen molar-refractivity contribution in [3.05, 3.63) is 29.3 Å². The molecule has 0 aromatic heterocycles. The van der Waals surface area contributed by atoms with Crippen LogP contribution in [0.3, 0.4) is 0 Å². The monoisotopic (exact) mass is 235 g/mol. The van der Waals surface area contributed by atoms with E-state index in [0.29, 0.717) is 6.04 Å². The van der Waals surface area contributed by atoms with Gasteiger partial charge in [0.1, 0.15) is 0 Å². The van der Waals surface area contributed by atoms with E-state index in [1.54, 1.807) is 0 Å². The first kappa shape index (κ1) is 13.4. The van der Waals surface area contributed by atoms with Crippen molar-refractivity contribution in [2.75, 3.05) is 11.4 Å². The maximum atomic E-state index is 8.68. The van der Waals surface area contributed by atoms with Crippen LogP contribution >= 0.6 is 0 Å². The third kappa shape index (κ3) is 2.90. The Kier molecular flexibility index (Phi) is 4.37. The van der Waals surface area contributed by atoms with Gasteiger partial charge < -0.3 is 15.8 Å². The molecule has 94 valence electrons. The van der Waals surface area contributed by atoms with Gasteiger partial charge in [0.15, 0.2) is 5.84 Å². The van der Waals surface area contributed by atoms with E-state index in [4.69, 9.17) is 10.9 Å². The van der Waals surface area contributed by atoms with E-state index in [2.05, 4.69) is 36.9 Å². The van der Waals surface area contributed by atoms with Crippen molar-refractivity contribution in [3.63, 3.8) is 0 Å². The van der Waals surface area contributed by atoms with Crippen LogP contribution in [-0.4, -0.2) is 23.6 Å². The van der Waals surface area contributed by atoms with E-state index in [1.165, 1.54) is 0 Å². The Hall–Kier alpha value is -1.71. The van der Waals surface area contributed by atoms with E-state index in [1.807, 2.05) is 19.1 Å². The van der Waals surface area contributed by atoms with Gasteiger partial charge in [-0.15, -0.1) is 0 Å². The first-order chi connectivity index (χ1) is 8.01. The fourth-order valence-corrected chi connectivity index (χ4v) is 2.01. The molecule has 1 aromatic carbocycles. The molecule has 4 nitrogen and oxygen atoms in total. The Labute approximate surface area is 103 Å². The molecule has 0 heterocycles. The van der Waals surface area contributed by atoms with Crippen LogP contribution in [0.15, 0.2) is 23.4 Å². The van der Waals surface area contributed by atoms with Gasteiger partial charge in [-0.05, 0) is 51.5 Å². The lowest BCUT2D eigenvalue weighted by Gasteiger charge is -2.28. The summed E-state index contributed by atoms with van der Waals surface area (Å²) in [6.07, 6.45) is 0. The van der Waals surface area contributed by atoms with Gasteiger partial charge in [-0.25, -0.2) is 0 Å². The highest BCUT2D eigenvalue weighted by Gasteiger charge is 2.10. The van der Waals surface area contributed by atoms with Gasteiger partial charge in [0.05, 0.1) is 0 Å². The third-order valence-corrected chi connectivity index (χ3v) is 2.89. The normalized spacial score (nSPS) is 11.9. The van der Waals surface area contributed by atoms with Gasteiger partial charge in [0.25, 0.3) is 0 Å². The molecule has 0 saturated carbocycles. The molecule has 1 rings (SSSR count). The van der Waals surface area contributed by atoms with Crippen LogP contribution < -0.4 is 10.6 Å². The van der Waals surface area contributed by atoms with Crippen LogP contribution in [0.2, 0.25) is 0 Å². The lowest BCUT2D eigenvalue weighted by atomic mass is 10.1. The molecule has 0 aliphatic carbocycles. The van der Waals surface area contributed by atoms with Crippen LogP contribution in [0.5, 0.6) is 0 Å². The lowest BCUT2D eigenvalue weighted by Crippen LogP contribution is -2.30. The van der Waals surface area contributed by atoms with E-state index < -0.39 is 0 Å². The van der Waals surface area contributed by atoms with Crippen LogP contribution in [0, 0.1) is 6.92 Å². The molecule has 0 bridgehead atoms. The Morgan fingerprint density at radius 1 is 1.47 bits per heavy atom. The molecule has 0 fully saturated rings. The zero-order valence-electron chi connectivity index (χ0n) is 10.9. The maximum Gasteiger partial charge on any atom is 0.170 e. The number of aryl methyl sites for hydroxylation is 1. The van der Waals surface area contributed by atoms with Crippen molar-refractivity contribution in [1.82, 2.24) is 0 Å². The number of oxime groups is 1. The maximum absolute atomic E-state index is 8.68. The summed E-state index contributed by atoms with van der Waals surface area (Å²) in [6, 6.07) is 6.42. The highest BCUT2D eigenvalue weighted by molar-refractivity contribution is 5.98. The summed E-state index contributed by atoms with van der Waals surface area (Å²) in [5.41, 5.74) is 8.55. The van der Waals surface area contributed by atoms with Crippen molar-refractivity contribution in [1.29, 1.82) is 0 Å². The van der Waals surface area contributed by atoms with Gasteiger partial charge >= 0.3 is 0 Å². The Morgan fingerprint density at radius 3 is 2.53 bits per heavy atom. The average molecular weight is 235 g/mol. The largest absolute Gasteiger partial charge is 0.409 e. The minimum atomic E-state index is 0.154. The lowest BCUT2D eigenvalue weighted by molar-refractivity contribution is 0.318. The number of hydrogen-bond donors (Lipinski definition) is 2. The Balaban J connectivity index is 3.12. The molecule has 0 spiro atoms. The van der Waals surface area contributed by atoms with E-state index in [9.17, 15) is 0 Å². The zero-order valence-corrected chi connectivity index (χ0v) is 10.9. The topological polar surface area (TPSA) is 61.8 Å². The smallest absolute Gasteiger partial charge is 0.170 e. The second kappa shape index (κ2) is 5.57. The third-order valence-electron chi connectivity index (χ3n) is 2.89. The van der Waals surface area contributed by atoms with Crippen LogP contribution in [0.1, 0.15) is 31.9 Å². The summed E-state index contributed by atoms with van der Waals surface area (Å²) in [6.45, 7) is 9.38. The van der Waals surface area contributed by atoms with Crippen molar-refractivity contribution in [3.8, 4) is 0 Å². The quantitative estimate of drug-likeness (QED) is 0.364. The second-order valence-corrected chi connectivity index (χ2v) is 4.36. The number of anilines is 1. The number of hydrogen-bond acceptors (Lipinski definition) is 3. The number of amidine groups is 1. The van der Waals surface area contributed by atoms with Crippen LogP contribution in [0.4, 0.5) is 5.69 Å². The SMILES string of the molecule is CCN(c1ccc(/C(N)=N/O)c(C)c1)C(C)C. The molecular formula is C13H21N3O. The molecule has 17 heavy (non-hydrogen) atoms. The van der Waals surface area contributed by atoms with Crippen LogP contribution in [0.25, 0.3) is 0 Å². The van der Waals surface area contributed by atoms with Gasteiger partial charge in [0, 0.05) is 23.8 Å². The zero-order chi connectivity index (χ0) is 13.0. The predicted molar refractivity (Wildman–Crippen MR) is 71.8 cm³/mol. The molecule has 4 heteroatoms. The summed E-state index contributed by atoms with van der Waals surface area (Å²) in [5.74, 6) is 0.154. The molecule has 0 amide bonds. The van der Waals surface area contributed by atoms with Gasteiger partial charge in [-0.3, -0.25) is 0 Å². The summed E-state index contributed by atoms with van der Waals surface area (Å²) >= 11 is 0. The van der Waals surface area contributed by atoms with Gasteiger partial charge in [0.2, 0.25) is 0 Å². The fourth-order valence-electron chi connectivity index (χ4n) is 2.01. The molecule has 0 atom stereocenters. The average Bonchev–Trinajstić information content (AvgIpc) is 2.28. The van der Waals surface area contributed by atoms with Crippen molar-refractivity contribution in [2.24, 2.45) is 10.9 Å². The summed E-state index contributed by atoms with van der Waals surface area (Å²) in [5, 5.41) is 11.7. The first-order valence-corrected chi connectivity index (χ1v) is 5.86. The number of benzene rings is 1. The molecule has 0 aliphatic heterocycles. The second-order valence-electron chi connectivity index (χ2n) is 4.36. The molecule has 1 aromatic rings. The minimum Gasteiger partial charge on any atom is -0.409 e. The Bertz CT molecular complexity index is 413.